The standard InChI is InChI=1S/C16H15FN2O2S/c1-2-21-14-8-6-11(7-9-14)15(20)19-16(22)18-13-5-3-4-12(17)10-13/h3-10H,2H2,1H3,(H2,18,19,20,22). The van der Waals surface area contributed by atoms with Crippen LogP contribution < -0.4 is 15.4 Å². The van der Waals surface area contributed by atoms with Crippen LogP contribution in [0.4, 0.5) is 10.1 Å². The zero-order chi connectivity index (χ0) is 15.9. The summed E-state index contributed by atoms with van der Waals surface area (Å²) in [6, 6.07) is 12.5. The van der Waals surface area contributed by atoms with Crippen molar-refractivity contribution in [1.29, 1.82) is 0 Å². The molecule has 0 atom stereocenters. The molecule has 2 aromatic carbocycles. The Labute approximate surface area is 133 Å². The van der Waals surface area contributed by atoms with Crippen molar-refractivity contribution in [3.8, 4) is 5.75 Å². The molecule has 0 aromatic heterocycles. The second-order valence-corrected chi connectivity index (χ2v) is 4.78. The van der Waals surface area contributed by atoms with E-state index in [1.165, 1.54) is 12.1 Å². The fourth-order valence-electron chi connectivity index (χ4n) is 1.77. The first-order valence-electron chi connectivity index (χ1n) is 6.69. The molecule has 0 unspecified atom stereocenters. The number of benzene rings is 2. The molecule has 0 bridgehead atoms. The Morgan fingerprint density at radius 1 is 1.23 bits per heavy atom. The summed E-state index contributed by atoms with van der Waals surface area (Å²) in [6.45, 7) is 2.45. The average Bonchev–Trinajstić information content (AvgIpc) is 2.48. The van der Waals surface area contributed by atoms with E-state index < -0.39 is 0 Å². The molecule has 0 aliphatic rings. The number of carbonyl (C=O) groups excluding carboxylic acids is 1. The summed E-state index contributed by atoms with van der Waals surface area (Å²) in [5.74, 6) is -0.0397. The second kappa shape index (κ2) is 7.51. The molecule has 0 spiro atoms. The quantitative estimate of drug-likeness (QED) is 0.849. The van der Waals surface area contributed by atoms with Gasteiger partial charge >= 0.3 is 0 Å². The average molecular weight is 318 g/mol. The van der Waals surface area contributed by atoms with E-state index in [0.29, 0.717) is 23.6 Å². The van der Waals surface area contributed by atoms with Crippen molar-refractivity contribution in [2.75, 3.05) is 11.9 Å². The number of thiocarbonyl (C=S) groups is 1. The van der Waals surface area contributed by atoms with Gasteiger partial charge < -0.3 is 10.1 Å². The molecule has 2 N–H and O–H groups in total. The van der Waals surface area contributed by atoms with Crippen LogP contribution in [0.1, 0.15) is 17.3 Å². The molecule has 0 saturated carbocycles. The van der Waals surface area contributed by atoms with Crippen molar-refractivity contribution in [3.63, 3.8) is 0 Å². The maximum atomic E-state index is 13.1. The number of ether oxygens (including phenoxy) is 1. The summed E-state index contributed by atoms with van der Waals surface area (Å²) < 4.78 is 18.4. The Morgan fingerprint density at radius 3 is 2.59 bits per heavy atom. The highest BCUT2D eigenvalue weighted by molar-refractivity contribution is 7.80. The van der Waals surface area contributed by atoms with E-state index in [9.17, 15) is 9.18 Å². The van der Waals surface area contributed by atoms with Gasteiger partial charge in [0.15, 0.2) is 5.11 Å². The van der Waals surface area contributed by atoms with Crippen molar-refractivity contribution >= 4 is 28.9 Å². The van der Waals surface area contributed by atoms with Gasteiger partial charge in [-0.15, -0.1) is 0 Å². The molecule has 2 aromatic rings. The molecule has 0 heterocycles. The van der Waals surface area contributed by atoms with E-state index in [-0.39, 0.29) is 16.8 Å². The molecule has 22 heavy (non-hydrogen) atoms. The van der Waals surface area contributed by atoms with Crippen molar-refractivity contribution in [2.45, 2.75) is 6.92 Å². The van der Waals surface area contributed by atoms with Crippen LogP contribution in [0.3, 0.4) is 0 Å². The maximum Gasteiger partial charge on any atom is 0.257 e. The number of amides is 1. The Morgan fingerprint density at radius 2 is 1.95 bits per heavy atom. The van der Waals surface area contributed by atoms with Crippen LogP contribution in [0.25, 0.3) is 0 Å². The molecule has 2 rings (SSSR count). The number of carbonyl (C=O) groups is 1. The third kappa shape index (κ3) is 4.53. The van der Waals surface area contributed by atoms with Crippen LogP contribution in [0.5, 0.6) is 5.75 Å². The summed E-state index contributed by atoms with van der Waals surface area (Å²) in [6.07, 6.45) is 0. The predicted octanol–water partition coefficient (Wildman–Crippen LogP) is 3.35. The van der Waals surface area contributed by atoms with Crippen molar-refractivity contribution in [2.24, 2.45) is 0 Å². The molecule has 6 heteroatoms. The summed E-state index contributed by atoms with van der Waals surface area (Å²) in [5.41, 5.74) is 0.920. The highest BCUT2D eigenvalue weighted by Crippen LogP contribution is 2.12. The topological polar surface area (TPSA) is 50.4 Å². The van der Waals surface area contributed by atoms with Crippen LogP contribution in [0.15, 0.2) is 48.5 Å². The molecule has 1 amide bonds. The van der Waals surface area contributed by atoms with E-state index in [2.05, 4.69) is 10.6 Å². The second-order valence-electron chi connectivity index (χ2n) is 4.38. The normalized spacial score (nSPS) is 9.91. The lowest BCUT2D eigenvalue weighted by Crippen LogP contribution is -2.34. The first-order chi connectivity index (χ1) is 10.6. The van der Waals surface area contributed by atoms with Gasteiger partial charge in [-0.25, -0.2) is 4.39 Å². The smallest absolute Gasteiger partial charge is 0.257 e. The van der Waals surface area contributed by atoms with Gasteiger partial charge in [0.2, 0.25) is 0 Å². The Bertz CT molecular complexity index is 674. The van der Waals surface area contributed by atoms with Gasteiger partial charge in [-0.05, 0) is 61.6 Å². The Balaban J connectivity index is 1.94. The van der Waals surface area contributed by atoms with Crippen molar-refractivity contribution in [3.05, 3.63) is 59.9 Å². The highest BCUT2D eigenvalue weighted by Gasteiger charge is 2.08. The number of halogens is 1. The van der Waals surface area contributed by atoms with Crippen molar-refractivity contribution < 1.29 is 13.9 Å². The predicted molar refractivity (Wildman–Crippen MR) is 87.7 cm³/mol. The van der Waals surface area contributed by atoms with Crippen LogP contribution in [0, 0.1) is 5.82 Å². The highest BCUT2D eigenvalue weighted by atomic mass is 32.1. The van der Waals surface area contributed by atoms with Crippen LogP contribution in [0.2, 0.25) is 0 Å². The SMILES string of the molecule is CCOc1ccc(C(=O)NC(=S)Nc2cccc(F)c2)cc1. The van der Waals surface area contributed by atoms with Crippen molar-refractivity contribution in [1.82, 2.24) is 5.32 Å². The largest absolute Gasteiger partial charge is 0.494 e. The lowest BCUT2D eigenvalue weighted by molar-refractivity contribution is 0.0977. The molecule has 0 radical (unpaired) electrons. The molecule has 114 valence electrons. The lowest BCUT2D eigenvalue weighted by Gasteiger charge is -2.10. The van der Waals surface area contributed by atoms with Gasteiger partial charge in [0.25, 0.3) is 5.91 Å². The summed E-state index contributed by atoms with van der Waals surface area (Å²) in [5, 5.41) is 5.39. The zero-order valence-electron chi connectivity index (χ0n) is 11.9. The fraction of sp³-hybridized carbons (Fsp3) is 0.125. The van der Waals surface area contributed by atoms with Gasteiger partial charge in [0.05, 0.1) is 6.61 Å². The molecule has 0 fully saturated rings. The summed E-state index contributed by atoms with van der Waals surface area (Å²) >= 11 is 5.03. The molecular formula is C16H15FN2O2S. The van der Waals surface area contributed by atoms with E-state index in [0.717, 1.165) is 0 Å². The van der Waals surface area contributed by atoms with Crippen LogP contribution in [-0.4, -0.2) is 17.6 Å². The minimum atomic E-state index is -0.384. The van der Waals surface area contributed by atoms with Gasteiger partial charge in [-0.3, -0.25) is 10.1 Å². The van der Waals surface area contributed by atoms with Crippen LogP contribution in [-0.2, 0) is 0 Å². The number of hydrogen-bond donors (Lipinski definition) is 2. The van der Waals surface area contributed by atoms with E-state index in [1.54, 1.807) is 36.4 Å². The maximum absolute atomic E-state index is 13.1. The number of rotatable bonds is 4. The molecule has 0 aliphatic carbocycles. The molecular weight excluding hydrogens is 303 g/mol. The number of nitrogens with one attached hydrogen (secondary N) is 2. The zero-order valence-corrected chi connectivity index (χ0v) is 12.7. The van der Waals surface area contributed by atoms with E-state index >= 15 is 0 Å². The number of anilines is 1. The first-order valence-corrected chi connectivity index (χ1v) is 7.10. The summed E-state index contributed by atoms with van der Waals surface area (Å²) in [7, 11) is 0. The Kier molecular flexibility index (Phi) is 5.43. The molecule has 0 aliphatic heterocycles. The number of hydrogen-bond acceptors (Lipinski definition) is 3. The van der Waals surface area contributed by atoms with Gasteiger partial charge in [-0.2, -0.15) is 0 Å². The van der Waals surface area contributed by atoms with Crippen LogP contribution >= 0.6 is 12.2 Å². The summed E-state index contributed by atoms with van der Waals surface area (Å²) in [4.78, 5) is 12.0. The third-order valence-electron chi connectivity index (χ3n) is 2.74. The van der Waals surface area contributed by atoms with Gasteiger partial charge in [0.1, 0.15) is 11.6 Å². The monoisotopic (exact) mass is 318 g/mol. The molecule has 4 nitrogen and oxygen atoms in total. The fourth-order valence-corrected chi connectivity index (χ4v) is 1.98. The van der Waals surface area contributed by atoms with E-state index in [4.69, 9.17) is 17.0 Å². The minimum Gasteiger partial charge on any atom is -0.494 e. The minimum absolute atomic E-state index is 0.101. The Hall–Kier alpha value is -2.47. The third-order valence-corrected chi connectivity index (χ3v) is 2.94. The van der Waals surface area contributed by atoms with Gasteiger partial charge in [0, 0.05) is 11.3 Å². The molecule has 0 saturated heterocycles. The lowest BCUT2D eigenvalue weighted by atomic mass is 10.2. The van der Waals surface area contributed by atoms with E-state index in [1.807, 2.05) is 6.92 Å². The first kappa shape index (κ1) is 15.9. The van der Waals surface area contributed by atoms with Gasteiger partial charge in [-0.1, -0.05) is 6.07 Å².